The van der Waals surface area contributed by atoms with Crippen LogP contribution >= 0.6 is 0 Å². The van der Waals surface area contributed by atoms with Crippen LogP contribution in [0, 0.1) is 5.92 Å². The van der Waals surface area contributed by atoms with Crippen LogP contribution in [0.15, 0.2) is 41.8 Å². The monoisotopic (exact) mass is 458 g/mol. The van der Waals surface area contributed by atoms with Gasteiger partial charge in [0, 0.05) is 6.54 Å². The van der Waals surface area contributed by atoms with E-state index in [1.54, 1.807) is 11.9 Å². The number of nitrogens with one attached hydrogen (secondary N) is 3. The summed E-state index contributed by atoms with van der Waals surface area (Å²) in [6, 6.07) is 8.43. The summed E-state index contributed by atoms with van der Waals surface area (Å²) in [5.74, 6) is 0.292. The Balaban J connectivity index is 1.53. The number of likely N-dealkylation sites (tertiary alicyclic amines) is 1. The highest BCUT2D eigenvalue weighted by Gasteiger charge is 2.43. The summed E-state index contributed by atoms with van der Waals surface area (Å²) >= 11 is 0. The van der Waals surface area contributed by atoms with Crippen molar-refractivity contribution in [1.29, 1.82) is 0 Å². The standard InChI is InChI=1S/C25H35FN4O3/c1-27-20(14-26)24(31)29-22(18-10-6-3-7-11-18)25(32)30-13-12-19-23(30)21(15-28-19)33-16-17-8-4-2-5-9-17/h2,4-5,8-9,18-20,22,27-28H,3,6-7,10-16H2,1H3,(H,29,31). The second-order valence-electron chi connectivity index (χ2n) is 9.17. The zero-order valence-electron chi connectivity index (χ0n) is 19.3. The van der Waals surface area contributed by atoms with Crippen molar-refractivity contribution in [3.63, 3.8) is 0 Å². The van der Waals surface area contributed by atoms with Crippen LogP contribution in [0.4, 0.5) is 4.39 Å². The molecule has 3 atom stereocenters. The van der Waals surface area contributed by atoms with Crippen molar-refractivity contribution >= 4 is 11.8 Å². The fourth-order valence-electron chi connectivity index (χ4n) is 5.20. The molecule has 4 rings (SSSR count). The molecule has 1 aliphatic carbocycles. The van der Waals surface area contributed by atoms with Crippen molar-refractivity contribution in [2.75, 3.05) is 26.8 Å². The third kappa shape index (κ3) is 5.38. The first-order valence-corrected chi connectivity index (χ1v) is 12.1. The van der Waals surface area contributed by atoms with Crippen molar-refractivity contribution in [3.8, 4) is 0 Å². The molecule has 0 radical (unpaired) electrons. The number of carbonyl (C=O) groups is 2. The second kappa shape index (κ2) is 11.1. The summed E-state index contributed by atoms with van der Waals surface area (Å²) in [6.45, 7) is 0.800. The Hall–Kier alpha value is -2.45. The molecule has 180 valence electrons. The number of benzene rings is 1. The Morgan fingerprint density at radius 3 is 2.64 bits per heavy atom. The normalized spacial score (nSPS) is 22.7. The maximum Gasteiger partial charge on any atom is 0.249 e. The van der Waals surface area contributed by atoms with Gasteiger partial charge in [0.15, 0.2) is 0 Å². The first-order chi connectivity index (χ1) is 16.1. The molecule has 2 amide bonds. The van der Waals surface area contributed by atoms with Crippen LogP contribution in [-0.2, 0) is 20.9 Å². The molecule has 2 fully saturated rings. The Kier molecular flexibility index (Phi) is 7.98. The van der Waals surface area contributed by atoms with Gasteiger partial charge >= 0.3 is 0 Å². The number of hydrogen-bond donors (Lipinski definition) is 3. The smallest absolute Gasteiger partial charge is 0.249 e. The van der Waals surface area contributed by atoms with Gasteiger partial charge in [-0.15, -0.1) is 0 Å². The number of halogens is 1. The zero-order chi connectivity index (χ0) is 23.2. The fraction of sp³-hybridized carbons (Fsp3) is 0.600. The molecule has 1 aromatic carbocycles. The number of hydrogen-bond acceptors (Lipinski definition) is 5. The van der Waals surface area contributed by atoms with Crippen LogP contribution in [0.5, 0.6) is 0 Å². The molecule has 2 heterocycles. The molecule has 1 saturated heterocycles. The molecule has 1 aromatic rings. The molecule has 3 N–H and O–H groups in total. The second-order valence-corrected chi connectivity index (χ2v) is 9.17. The highest BCUT2D eigenvalue weighted by atomic mass is 19.1. The number of likely N-dealkylation sites (N-methyl/N-ethyl adjacent to an activating group) is 1. The molecule has 2 aliphatic heterocycles. The highest BCUT2D eigenvalue weighted by Crippen LogP contribution is 2.34. The molecule has 1 saturated carbocycles. The highest BCUT2D eigenvalue weighted by molar-refractivity contribution is 5.91. The van der Waals surface area contributed by atoms with E-state index in [9.17, 15) is 14.0 Å². The SMILES string of the molecule is CNC(CF)C(=O)NC(C(=O)N1CCC2NCC(OCc3ccccc3)=C21)C1CCCCC1. The van der Waals surface area contributed by atoms with Crippen LogP contribution in [-0.4, -0.2) is 61.7 Å². The van der Waals surface area contributed by atoms with Crippen LogP contribution < -0.4 is 16.0 Å². The van der Waals surface area contributed by atoms with Gasteiger partial charge in [-0.2, -0.15) is 0 Å². The van der Waals surface area contributed by atoms with E-state index in [1.165, 1.54) is 0 Å². The van der Waals surface area contributed by atoms with E-state index in [0.717, 1.165) is 55.5 Å². The van der Waals surface area contributed by atoms with E-state index < -0.39 is 24.7 Å². The predicted octanol–water partition coefficient (Wildman–Crippen LogP) is 2.24. The minimum atomic E-state index is -0.952. The third-order valence-corrected chi connectivity index (χ3v) is 7.08. The Morgan fingerprint density at radius 1 is 1.18 bits per heavy atom. The summed E-state index contributed by atoms with van der Waals surface area (Å²) in [5.41, 5.74) is 1.96. The molecular weight excluding hydrogens is 423 g/mol. The lowest BCUT2D eigenvalue weighted by molar-refractivity contribution is -0.137. The summed E-state index contributed by atoms with van der Waals surface area (Å²) in [7, 11) is 1.55. The van der Waals surface area contributed by atoms with Gasteiger partial charge in [-0.3, -0.25) is 9.59 Å². The van der Waals surface area contributed by atoms with E-state index in [-0.39, 0.29) is 17.9 Å². The molecule has 33 heavy (non-hydrogen) atoms. The van der Waals surface area contributed by atoms with E-state index in [2.05, 4.69) is 16.0 Å². The minimum absolute atomic E-state index is 0.0648. The molecule has 0 aromatic heterocycles. The largest absolute Gasteiger partial charge is 0.490 e. The van der Waals surface area contributed by atoms with Crippen LogP contribution in [0.3, 0.4) is 0 Å². The van der Waals surface area contributed by atoms with E-state index in [4.69, 9.17) is 4.74 Å². The van der Waals surface area contributed by atoms with Gasteiger partial charge < -0.3 is 25.6 Å². The first-order valence-electron chi connectivity index (χ1n) is 12.1. The lowest BCUT2D eigenvalue weighted by Crippen LogP contribution is -2.56. The van der Waals surface area contributed by atoms with Gasteiger partial charge in [-0.05, 0) is 37.8 Å². The van der Waals surface area contributed by atoms with Gasteiger partial charge in [0.2, 0.25) is 11.8 Å². The minimum Gasteiger partial charge on any atom is -0.490 e. The summed E-state index contributed by atoms with van der Waals surface area (Å²) in [6.07, 6.45) is 5.83. The molecule has 0 spiro atoms. The van der Waals surface area contributed by atoms with Gasteiger partial charge in [0.25, 0.3) is 0 Å². The maximum atomic E-state index is 13.8. The number of amides is 2. The van der Waals surface area contributed by atoms with Crippen molar-refractivity contribution < 1.29 is 18.7 Å². The van der Waals surface area contributed by atoms with E-state index >= 15 is 0 Å². The van der Waals surface area contributed by atoms with Gasteiger partial charge in [0.1, 0.15) is 31.1 Å². The fourth-order valence-corrected chi connectivity index (χ4v) is 5.20. The molecule has 8 heteroatoms. The number of fused-ring (bicyclic) bond motifs is 1. The molecule has 3 aliphatic rings. The van der Waals surface area contributed by atoms with Crippen LogP contribution in [0.25, 0.3) is 0 Å². The Morgan fingerprint density at radius 2 is 1.94 bits per heavy atom. The molecule has 7 nitrogen and oxygen atoms in total. The predicted molar refractivity (Wildman–Crippen MR) is 124 cm³/mol. The topological polar surface area (TPSA) is 82.7 Å². The van der Waals surface area contributed by atoms with Crippen LogP contribution in [0.1, 0.15) is 44.1 Å². The lowest BCUT2D eigenvalue weighted by Gasteiger charge is -2.34. The summed E-state index contributed by atoms with van der Waals surface area (Å²) in [4.78, 5) is 28.3. The number of alkyl halides is 1. The number of carbonyl (C=O) groups excluding carboxylic acids is 2. The maximum absolute atomic E-state index is 13.8. The van der Waals surface area contributed by atoms with Gasteiger partial charge in [-0.1, -0.05) is 49.6 Å². The first kappa shape index (κ1) is 23.7. The zero-order valence-corrected chi connectivity index (χ0v) is 19.3. The van der Waals surface area contributed by atoms with Gasteiger partial charge in [-0.25, -0.2) is 4.39 Å². The molecule has 0 bridgehead atoms. The average Bonchev–Trinajstić information content (AvgIpc) is 3.45. The number of ether oxygens (including phenoxy) is 1. The van der Waals surface area contributed by atoms with Crippen molar-refractivity contribution in [1.82, 2.24) is 20.9 Å². The van der Waals surface area contributed by atoms with Gasteiger partial charge in [0.05, 0.1) is 18.3 Å². The van der Waals surface area contributed by atoms with Crippen LogP contribution in [0.2, 0.25) is 0 Å². The molecular formula is C25H35FN4O3. The van der Waals surface area contributed by atoms with Crippen molar-refractivity contribution in [2.24, 2.45) is 5.92 Å². The van der Waals surface area contributed by atoms with E-state index in [1.807, 2.05) is 30.3 Å². The summed E-state index contributed by atoms with van der Waals surface area (Å²) < 4.78 is 19.4. The lowest BCUT2D eigenvalue weighted by atomic mass is 9.83. The third-order valence-electron chi connectivity index (χ3n) is 7.08. The Labute approximate surface area is 195 Å². The van der Waals surface area contributed by atoms with Crippen molar-refractivity contribution in [3.05, 3.63) is 47.4 Å². The quantitative estimate of drug-likeness (QED) is 0.529. The molecule has 3 unspecified atom stereocenters. The number of rotatable bonds is 9. The Bertz CT molecular complexity index is 852. The average molecular weight is 459 g/mol. The summed E-state index contributed by atoms with van der Waals surface area (Å²) in [5, 5.41) is 9.04. The number of nitrogens with zero attached hydrogens (tertiary/aromatic N) is 1. The van der Waals surface area contributed by atoms with E-state index in [0.29, 0.717) is 19.7 Å². The van der Waals surface area contributed by atoms with Crippen molar-refractivity contribution in [2.45, 2.75) is 63.3 Å².